The molecule has 0 saturated carbocycles. The topological polar surface area (TPSA) is 73.9 Å². The zero-order valence-corrected chi connectivity index (χ0v) is 14.9. The summed E-state index contributed by atoms with van der Waals surface area (Å²) in [6.07, 6.45) is 0.398. The predicted octanol–water partition coefficient (Wildman–Crippen LogP) is 3.10. The first-order chi connectivity index (χ1) is 12.9. The Morgan fingerprint density at radius 2 is 1.67 bits per heavy atom. The quantitative estimate of drug-likeness (QED) is 0.714. The molecule has 1 N–H and O–H groups in total. The maximum atomic E-state index is 13.5. The Bertz CT molecular complexity index is 803. The van der Waals surface area contributed by atoms with Gasteiger partial charge in [0.15, 0.2) is 6.61 Å². The Labute approximate surface area is 155 Å². The molecule has 6 nitrogen and oxygen atoms in total. The third-order valence-corrected chi connectivity index (χ3v) is 3.60. The van der Waals surface area contributed by atoms with Gasteiger partial charge < -0.3 is 19.5 Å². The number of amides is 1. The zero-order valence-electron chi connectivity index (χ0n) is 14.9. The molecular formula is C19H19F2NO5. The predicted molar refractivity (Wildman–Crippen MR) is 93.8 cm³/mol. The van der Waals surface area contributed by atoms with Crippen molar-refractivity contribution in [2.75, 3.05) is 26.1 Å². The van der Waals surface area contributed by atoms with E-state index < -0.39 is 30.1 Å². The molecule has 2 aromatic carbocycles. The van der Waals surface area contributed by atoms with Crippen LogP contribution < -0.4 is 14.8 Å². The average molecular weight is 379 g/mol. The summed E-state index contributed by atoms with van der Waals surface area (Å²) >= 11 is 0. The number of benzene rings is 2. The van der Waals surface area contributed by atoms with Crippen molar-refractivity contribution in [2.24, 2.45) is 0 Å². The van der Waals surface area contributed by atoms with Gasteiger partial charge in [-0.2, -0.15) is 0 Å². The van der Waals surface area contributed by atoms with E-state index in [-0.39, 0.29) is 12.1 Å². The molecule has 0 radical (unpaired) electrons. The Morgan fingerprint density at radius 3 is 2.26 bits per heavy atom. The third-order valence-electron chi connectivity index (χ3n) is 3.60. The van der Waals surface area contributed by atoms with E-state index in [2.05, 4.69) is 5.32 Å². The number of carbonyl (C=O) groups excluding carboxylic acids is 2. The number of rotatable bonds is 8. The molecule has 0 unspecified atom stereocenters. The smallest absolute Gasteiger partial charge is 0.306 e. The van der Waals surface area contributed by atoms with Crippen molar-refractivity contribution in [3.8, 4) is 11.5 Å². The van der Waals surface area contributed by atoms with Crippen molar-refractivity contribution in [2.45, 2.75) is 12.8 Å². The van der Waals surface area contributed by atoms with Crippen LogP contribution in [0.5, 0.6) is 11.5 Å². The van der Waals surface area contributed by atoms with Gasteiger partial charge in [0.05, 0.1) is 19.9 Å². The van der Waals surface area contributed by atoms with Gasteiger partial charge in [0, 0.05) is 18.6 Å². The molecule has 144 valence electrons. The first-order valence-corrected chi connectivity index (χ1v) is 8.03. The van der Waals surface area contributed by atoms with Crippen molar-refractivity contribution in [3.05, 3.63) is 53.6 Å². The Kier molecular flexibility index (Phi) is 7.10. The van der Waals surface area contributed by atoms with Gasteiger partial charge in [0.25, 0.3) is 5.91 Å². The summed E-state index contributed by atoms with van der Waals surface area (Å²) in [7, 11) is 3.05. The van der Waals surface area contributed by atoms with Gasteiger partial charge in [0.2, 0.25) is 0 Å². The van der Waals surface area contributed by atoms with Crippen LogP contribution in [0.15, 0.2) is 36.4 Å². The van der Waals surface area contributed by atoms with E-state index in [0.717, 1.165) is 17.7 Å². The fourth-order valence-electron chi connectivity index (χ4n) is 2.25. The monoisotopic (exact) mass is 379 g/mol. The van der Waals surface area contributed by atoms with E-state index in [9.17, 15) is 18.4 Å². The molecule has 0 spiro atoms. The van der Waals surface area contributed by atoms with Crippen LogP contribution in [0.2, 0.25) is 0 Å². The SMILES string of the molecule is COc1cc(CCC(=O)OCC(=O)Nc2ccc(F)cc2F)cc(OC)c1. The number of esters is 1. The third kappa shape index (κ3) is 6.25. The van der Waals surface area contributed by atoms with Gasteiger partial charge in [-0.15, -0.1) is 0 Å². The van der Waals surface area contributed by atoms with Crippen molar-refractivity contribution in [1.29, 1.82) is 0 Å². The lowest BCUT2D eigenvalue weighted by Gasteiger charge is -2.09. The van der Waals surface area contributed by atoms with Gasteiger partial charge >= 0.3 is 5.97 Å². The number of carbonyl (C=O) groups is 2. The van der Waals surface area contributed by atoms with Crippen LogP contribution in [0, 0.1) is 11.6 Å². The second-order valence-electron chi connectivity index (χ2n) is 5.55. The molecule has 0 saturated heterocycles. The van der Waals surface area contributed by atoms with Gasteiger partial charge in [-0.1, -0.05) is 0 Å². The average Bonchev–Trinajstić information content (AvgIpc) is 2.66. The molecule has 0 atom stereocenters. The number of ether oxygens (including phenoxy) is 3. The first-order valence-electron chi connectivity index (χ1n) is 8.03. The molecule has 2 aromatic rings. The summed E-state index contributed by atoms with van der Waals surface area (Å²) in [5, 5.41) is 2.21. The maximum absolute atomic E-state index is 13.5. The van der Waals surface area contributed by atoms with Crippen LogP contribution in [0.25, 0.3) is 0 Å². The fraction of sp³-hybridized carbons (Fsp3) is 0.263. The molecule has 0 fully saturated rings. The van der Waals surface area contributed by atoms with E-state index in [1.807, 2.05) is 0 Å². The van der Waals surface area contributed by atoms with E-state index in [4.69, 9.17) is 14.2 Å². The Balaban J connectivity index is 1.81. The molecule has 0 bridgehead atoms. The summed E-state index contributed by atoms with van der Waals surface area (Å²) < 4.78 is 41.5. The van der Waals surface area contributed by atoms with E-state index >= 15 is 0 Å². The van der Waals surface area contributed by atoms with Gasteiger partial charge in [0.1, 0.15) is 23.1 Å². The maximum Gasteiger partial charge on any atom is 0.306 e. The molecule has 0 aromatic heterocycles. The van der Waals surface area contributed by atoms with E-state index in [1.165, 1.54) is 14.2 Å². The van der Waals surface area contributed by atoms with Gasteiger partial charge in [-0.05, 0) is 36.2 Å². The summed E-state index contributed by atoms with van der Waals surface area (Å²) in [4.78, 5) is 23.5. The van der Waals surface area contributed by atoms with Crippen LogP contribution in [-0.2, 0) is 20.7 Å². The molecule has 8 heteroatoms. The number of halogens is 2. The van der Waals surface area contributed by atoms with Crippen LogP contribution in [0.3, 0.4) is 0 Å². The van der Waals surface area contributed by atoms with Gasteiger partial charge in [-0.3, -0.25) is 9.59 Å². The molecular weight excluding hydrogens is 360 g/mol. The lowest BCUT2D eigenvalue weighted by Crippen LogP contribution is -2.21. The minimum absolute atomic E-state index is 0.0362. The van der Waals surface area contributed by atoms with E-state index in [1.54, 1.807) is 18.2 Å². The Morgan fingerprint density at radius 1 is 1.00 bits per heavy atom. The number of hydrogen-bond acceptors (Lipinski definition) is 5. The molecule has 27 heavy (non-hydrogen) atoms. The molecule has 0 heterocycles. The lowest BCUT2D eigenvalue weighted by atomic mass is 10.1. The van der Waals surface area contributed by atoms with Crippen molar-refractivity contribution < 1.29 is 32.6 Å². The highest BCUT2D eigenvalue weighted by Gasteiger charge is 2.12. The molecule has 0 aliphatic carbocycles. The van der Waals surface area contributed by atoms with Crippen LogP contribution in [0.4, 0.5) is 14.5 Å². The second-order valence-corrected chi connectivity index (χ2v) is 5.55. The fourth-order valence-corrected chi connectivity index (χ4v) is 2.25. The number of methoxy groups -OCH3 is 2. The highest BCUT2D eigenvalue weighted by Crippen LogP contribution is 2.23. The lowest BCUT2D eigenvalue weighted by molar-refractivity contribution is -0.147. The van der Waals surface area contributed by atoms with Gasteiger partial charge in [-0.25, -0.2) is 8.78 Å². The molecule has 0 aliphatic heterocycles. The molecule has 0 aliphatic rings. The Hall–Kier alpha value is -3.16. The summed E-state index contributed by atoms with van der Waals surface area (Å²) in [6, 6.07) is 7.97. The minimum atomic E-state index is -0.915. The minimum Gasteiger partial charge on any atom is -0.497 e. The van der Waals surface area contributed by atoms with Crippen LogP contribution >= 0.6 is 0 Å². The summed E-state index contributed by atoms with van der Waals surface area (Å²) in [5.41, 5.74) is 0.613. The summed E-state index contributed by atoms with van der Waals surface area (Å²) in [6.45, 7) is -0.572. The number of aryl methyl sites for hydroxylation is 1. The first kappa shape index (κ1) is 20.2. The normalized spacial score (nSPS) is 10.2. The highest BCUT2D eigenvalue weighted by molar-refractivity contribution is 5.92. The second kappa shape index (κ2) is 9.51. The molecule has 2 rings (SSSR count). The zero-order chi connectivity index (χ0) is 19.8. The van der Waals surface area contributed by atoms with Crippen LogP contribution in [0.1, 0.15) is 12.0 Å². The molecule has 1 amide bonds. The highest BCUT2D eigenvalue weighted by atomic mass is 19.1. The summed E-state index contributed by atoms with van der Waals surface area (Å²) in [5.74, 6) is -1.80. The van der Waals surface area contributed by atoms with Crippen LogP contribution in [-0.4, -0.2) is 32.7 Å². The number of nitrogens with one attached hydrogen (secondary N) is 1. The van der Waals surface area contributed by atoms with Crippen molar-refractivity contribution in [3.63, 3.8) is 0 Å². The number of anilines is 1. The largest absolute Gasteiger partial charge is 0.497 e. The van der Waals surface area contributed by atoms with Crippen molar-refractivity contribution in [1.82, 2.24) is 0 Å². The van der Waals surface area contributed by atoms with Crippen molar-refractivity contribution >= 4 is 17.6 Å². The number of hydrogen-bond donors (Lipinski definition) is 1. The van der Waals surface area contributed by atoms with E-state index in [0.29, 0.717) is 24.0 Å². The standard InChI is InChI=1S/C19H19F2NO5/c1-25-14-7-12(8-15(10-14)26-2)3-6-19(24)27-11-18(23)22-17-5-4-13(20)9-16(17)21/h4-5,7-10H,3,6,11H2,1-2H3,(H,22,23).